The predicted octanol–water partition coefficient (Wildman–Crippen LogP) is 2.02. The Morgan fingerprint density at radius 3 is 2.60 bits per heavy atom. The summed E-state index contributed by atoms with van der Waals surface area (Å²) in [4.78, 5) is 4.43. The van der Waals surface area contributed by atoms with Crippen LogP contribution in [-0.2, 0) is 13.5 Å². The summed E-state index contributed by atoms with van der Waals surface area (Å²) in [5, 5.41) is 4.32. The van der Waals surface area contributed by atoms with E-state index in [1.54, 1.807) is 4.68 Å². The first-order valence-corrected chi connectivity index (χ1v) is 5.21. The number of hydrogen-bond acceptors (Lipinski definition) is 2. The van der Waals surface area contributed by atoms with Crippen LogP contribution in [0.1, 0.15) is 33.4 Å². The van der Waals surface area contributed by atoms with Gasteiger partial charge in [-0.25, -0.2) is 4.99 Å². The quantitative estimate of drug-likeness (QED) is 0.597. The maximum Gasteiger partial charge on any atom is 0.106 e. The van der Waals surface area contributed by atoms with Gasteiger partial charge in [-0.05, 0) is 6.42 Å². The number of aliphatic imine (C=N–C) groups is 1. The van der Waals surface area contributed by atoms with Crippen molar-refractivity contribution in [2.75, 3.05) is 0 Å². The van der Waals surface area contributed by atoms with E-state index in [-0.39, 0.29) is 5.41 Å². The molecule has 0 bridgehead atoms. The second kappa shape index (κ2) is 4.04. The van der Waals surface area contributed by atoms with Crippen molar-refractivity contribution < 1.29 is 0 Å². The number of amidine groups is 1. The van der Waals surface area contributed by atoms with Gasteiger partial charge < -0.3 is 5.73 Å². The lowest BCUT2D eigenvalue weighted by Crippen LogP contribution is -2.28. The zero-order valence-electron chi connectivity index (χ0n) is 10.2. The highest BCUT2D eigenvalue weighted by Crippen LogP contribution is 2.21. The summed E-state index contributed by atoms with van der Waals surface area (Å²) < 4.78 is 1.77. The molecule has 0 saturated carbocycles. The van der Waals surface area contributed by atoms with Crippen LogP contribution in [0.3, 0.4) is 0 Å². The molecule has 0 aliphatic carbocycles. The molecule has 0 spiro atoms. The molecule has 0 amide bonds. The lowest BCUT2D eigenvalue weighted by molar-refractivity contribution is 0.585. The van der Waals surface area contributed by atoms with Gasteiger partial charge in [-0.1, -0.05) is 27.7 Å². The second-order valence-corrected chi connectivity index (χ2v) is 4.74. The number of aryl methyl sites for hydroxylation is 2. The highest BCUT2D eigenvalue weighted by molar-refractivity contribution is 5.87. The Balaban J connectivity index is 3.07. The monoisotopic (exact) mass is 208 g/mol. The standard InChI is InChI=1S/C11H20N4/c1-6-8-9(7-15(5)14-8)13-10(12)11(2,3)4/h7H,6H2,1-5H3,(H2,12,13). The molecular formula is C11H20N4. The van der Waals surface area contributed by atoms with Crippen molar-refractivity contribution in [2.45, 2.75) is 34.1 Å². The predicted molar refractivity (Wildman–Crippen MR) is 63.3 cm³/mol. The Kier molecular flexibility index (Phi) is 3.17. The molecule has 0 aliphatic rings. The fourth-order valence-corrected chi connectivity index (χ4v) is 1.16. The molecule has 0 unspecified atom stereocenters. The largest absolute Gasteiger partial charge is 0.387 e. The fraction of sp³-hybridized carbons (Fsp3) is 0.636. The van der Waals surface area contributed by atoms with Crippen LogP contribution in [0.4, 0.5) is 5.69 Å². The highest BCUT2D eigenvalue weighted by atomic mass is 15.3. The maximum atomic E-state index is 5.93. The number of rotatable bonds is 2. The summed E-state index contributed by atoms with van der Waals surface area (Å²) in [6.45, 7) is 8.21. The molecule has 0 aliphatic heterocycles. The Hall–Kier alpha value is -1.32. The number of nitrogens with zero attached hydrogens (tertiary/aromatic N) is 3. The molecule has 84 valence electrons. The van der Waals surface area contributed by atoms with Gasteiger partial charge in [0.15, 0.2) is 0 Å². The van der Waals surface area contributed by atoms with Gasteiger partial charge in [0.25, 0.3) is 0 Å². The van der Waals surface area contributed by atoms with Crippen molar-refractivity contribution in [1.29, 1.82) is 0 Å². The van der Waals surface area contributed by atoms with Gasteiger partial charge in [-0.3, -0.25) is 4.68 Å². The summed E-state index contributed by atoms with van der Waals surface area (Å²) in [5.41, 5.74) is 7.70. The number of aromatic nitrogens is 2. The van der Waals surface area contributed by atoms with Crippen molar-refractivity contribution in [3.05, 3.63) is 11.9 Å². The Bertz CT molecular complexity index is 368. The summed E-state index contributed by atoms with van der Waals surface area (Å²) in [7, 11) is 1.89. The molecule has 0 radical (unpaired) electrons. The molecule has 1 aromatic heterocycles. The van der Waals surface area contributed by atoms with Crippen LogP contribution in [-0.4, -0.2) is 15.6 Å². The van der Waals surface area contributed by atoms with E-state index in [9.17, 15) is 0 Å². The van der Waals surface area contributed by atoms with Crippen LogP contribution in [0.15, 0.2) is 11.2 Å². The van der Waals surface area contributed by atoms with Gasteiger partial charge in [0.2, 0.25) is 0 Å². The van der Waals surface area contributed by atoms with Gasteiger partial charge >= 0.3 is 0 Å². The highest BCUT2D eigenvalue weighted by Gasteiger charge is 2.16. The van der Waals surface area contributed by atoms with Crippen molar-refractivity contribution in [3.8, 4) is 0 Å². The maximum absolute atomic E-state index is 5.93. The first kappa shape index (κ1) is 11.8. The second-order valence-electron chi connectivity index (χ2n) is 4.74. The van der Waals surface area contributed by atoms with E-state index < -0.39 is 0 Å². The fourth-order valence-electron chi connectivity index (χ4n) is 1.16. The molecule has 2 N–H and O–H groups in total. The molecule has 15 heavy (non-hydrogen) atoms. The van der Waals surface area contributed by atoms with Crippen LogP contribution in [0.2, 0.25) is 0 Å². The molecule has 4 nitrogen and oxygen atoms in total. The van der Waals surface area contributed by atoms with Crippen molar-refractivity contribution >= 4 is 11.5 Å². The van der Waals surface area contributed by atoms with Crippen LogP contribution >= 0.6 is 0 Å². The normalized spacial score (nSPS) is 13.3. The third kappa shape index (κ3) is 2.81. The minimum Gasteiger partial charge on any atom is -0.387 e. The molecule has 0 aromatic carbocycles. The van der Waals surface area contributed by atoms with Gasteiger partial charge in [0, 0.05) is 12.5 Å². The van der Waals surface area contributed by atoms with E-state index in [1.807, 2.05) is 34.0 Å². The van der Waals surface area contributed by atoms with E-state index in [1.165, 1.54) is 0 Å². The number of hydrogen-bond donors (Lipinski definition) is 1. The van der Waals surface area contributed by atoms with E-state index >= 15 is 0 Å². The average Bonchev–Trinajstić information content (AvgIpc) is 2.44. The van der Waals surface area contributed by atoms with E-state index in [2.05, 4.69) is 17.0 Å². The minimum atomic E-state index is -0.0964. The lowest BCUT2D eigenvalue weighted by Gasteiger charge is -2.16. The molecule has 1 heterocycles. The summed E-state index contributed by atoms with van der Waals surface area (Å²) >= 11 is 0. The Morgan fingerprint density at radius 1 is 1.53 bits per heavy atom. The van der Waals surface area contributed by atoms with Gasteiger partial charge in [-0.15, -0.1) is 0 Å². The van der Waals surface area contributed by atoms with Crippen molar-refractivity contribution in [1.82, 2.24) is 9.78 Å². The molecule has 4 heteroatoms. The van der Waals surface area contributed by atoms with Crippen LogP contribution < -0.4 is 5.73 Å². The molecule has 1 aromatic rings. The topological polar surface area (TPSA) is 56.2 Å². The van der Waals surface area contributed by atoms with Crippen LogP contribution in [0.25, 0.3) is 0 Å². The van der Waals surface area contributed by atoms with E-state index in [4.69, 9.17) is 5.73 Å². The third-order valence-corrected chi connectivity index (χ3v) is 2.23. The lowest BCUT2D eigenvalue weighted by atomic mass is 9.95. The smallest absolute Gasteiger partial charge is 0.106 e. The molecule has 0 saturated heterocycles. The van der Waals surface area contributed by atoms with Crippen LogP contribution in [0, 0.1) is 5.41 Å². The van der Waals surface area contributed by atoms with E-state index in [0.29, 0.717) is 5.84 Å². The Labute approximate surface area is 91.2 Å². The van der Waals surface area contributed by atoms with Gasteiger partial charge in [-0.2, -0.15) is 5.10 Å². The van der Waals surface area contributed by atoms with E-state index in [0.717, 1.165) is 17.8 Å². The van der Waals surface area contributed by atoms with Gasteiger partial charge in [0.1, 0.15) is 11.5 Å². The molecule has 0 fully saturated rings. The van der Waals surface area contributed by atoms with Crippen molar-refractivity contribution in [2.24, 2.45) is 23.2 Å². The first-order chi connectivity index (χ1) is 6.84. The third-order valence-electron chi connectivity index (χ3n) is 2.23. The summed E-state index contributed by atoms with van der Waals surface area (Å²) in [6.07, 6.45) is 2.77. The SMILES string of the molecule is CCc1nn(C)cc1N=C(N)C(C)(C)C. The van der Waals surface area contributed by atoms with Crippen molar-refractivity contribution in [3.63, 3.8) is 0 Å². The zero-order chi connectivity index (χ0) is 11.6. The minimum absolute atomic E-state index is 0.0964. The average molecular weight is 208 g/mol. The number of nitrogens with two attached hydrogens (primary N) is 1. The zero-order valence-corrected chi connectivity index (χ0v) is 10.2. The van der Waals surface area contributed by atoms with Gasteiger partial charge in [0.05, 0.1) is 11.9 Å². The summed E-state index contributed by atoms with van der Waals surface area (Å²) in [6, 6.07) is 0. The Morgan fingerprint density at radius 2 is 2.13 bits per heavy atom. The first-order valence-electron chi connectivity index (χ1n) is 5.21. The molecule has 1 rings (SSSR count). The molecular weight excluding hydrogens is 188 g/mol. The summed E-state index contributed by atoms with van der Waals surface area (Å²) in [5.74, 6) is 0.644. The molecule has 0 atom stereocenters. The van der Waals surface area contributed by atoms with Crippen LogP contribution in [0.5, 0.6) is 0 Å².